The smallest absolute Gasteiger partial charge is 0.291 e. The van der Waals surface area contributed by atoms with Crippen molar-refractivity contribution in [1.29, 1.82) is 0 Å². The van der Waals surface area contributed by atoms with Crippen LogP contribution in [0.4, 0.5) is 0 Å². The van der Waals surface area contributed by atoms with Crippen molar-refractivity contribution < 1.29 is 4.79 Å². The second-order valence-corrected chi connectivity index (χ2v) is 6.04. The molecular weight excluding hydrogens is 314 g/mol. The molecule has 0 aliphatic heterocycles. The maximum atomic E-state index is 12.5. The summed E-state index contributed by atoms with van der Waals surface area (Å²) in [4.78, 5) is 20.8. The largest absolute Gasteiger partial charge is 0.343 e. The normalized spacial score (nSPS) is 12.4. The molecule has 25 heavy (non-hydrogen) atoms. The number of amides is 1. The predicted octanol–water partition coefficient (Wildman–Crippen LogP) is 3.08. The van der Waals surface area contributed by atoms with Gasteiger partial charge in [-0.25, -0.2) is 9.50 Å². The predicted molar refractivity (Wildman–Crippen MR) is 95.3 cm³/mol. The van der Waals surface area contributed by atoms with E-state index in [9.17, 15) is 4.79 Å². The van der Waals surface area contributed by atoms with Crippen LogP contribution in [0.5, 0.6) is 0 Å². The van der Waals surface area contributed by atoms with Gasteiger partial charge in [0.05, 0.1) is 6.04 Å². The van der Waals surface area contributed by atoms with Crippen molar-refractivity contribution in [2.45, 2.75) is 19.9 Å². The maximum Gasteiger partial charge on any atom is 0.291 e. The van der Waals surface area contributed by atoms with Crippen molar-refractivity contribution in [1.82, 2.24) is 24.9 Å². The average molecular weight is 331 g/mol. The van der Waals surface area contributed by atoms with Gasteiger partial charge in [-0.15, -0.1) is 5.10 Å². The first-order valence-corrected chi connectivity index (χ1v) is 8.10. The molecule has 0 bridgehead atoms. The Labute approximate surface area is 144 Å². The van der Waals surface area contributed by atoms with E-state index >= 15 is 0 Å². The van der Waals surface area contributed by atoms with Gasteiger partial charge < -0.3 is 5.32 Å². The van der Waals surface area contributed by atoms with Crippen LogP contribution in [0.1, 0.15) is 34.8 Å². The monoisotopic (exact) mass is 331 g/mol. The summed E-state index contributed by atoms with van der Waals surface area (Å²) >= 11 is 0. The Morgan fingerprint density at radius 3 is 2.72 bits per heavy atom. The van der Waals surface area contributed by atoms with E-state index in [-0.39, 0.29) is 17.8 Å². The van der Waals surface area contributed by atoms with Gasteiger partial charge in [-0.05, 0) is 42.3 Å². The van der Waals surface area contributed by atoms with Crippen molar-refractivity contribution in [3.63, 3.8) is 0 Å². The van der Waals surface area contributed by atoms with Crippen LogP contribution in [-0.4, -0.2) is 25.5 Å². The summed E-state index contributed by atoms with van der Waals surface area (Å²) in [5.41, 5.74) is 1.91. The molecular formula is C19H17N5O. The number of nitrogens with zero attached hydrogens (tertiary/aromatic N) is 4. The minimum atomic E-state index is -0.314. The molecule has 1 atom stereocenters. The highest BCUT2D eigenvalue weighted by molar-refractivity contribution is 5.91. The van der Waals surface area contributed by atoms with Crippen LogP contribution < -0.4 is 5.32 Å². The third-order valence-electron chi connectivity index (χ3n) is 4.25. The Morgan fingerprint density at radius 1 is 1.12 bits per heavy atom. The highest BCUT2D eigenvalue weighted by Gasteiger charge is 2.17. The number of benzene rings is 2. The van der Waals surface area contributed by atoms with Crippen molar-refractivity contribution in [2.24, 2.45) is 0 Å². The van der Waals surface area contributed by atoms with Gasteiger partial charge in [-0.1, -0.05) is 36.4 Å². The van der Waals surface area contributed by atoms with E-state index < -0.39 is 0 Å². The molecule has 0 fully saturated rings. The summed E-state index contributed by atoms with van der Waals surface area (Å²) in [6.07, 6.45) is 1.65. The lowest BCUT2D eigenvalue weighted by molar-refractivity contribution is 0.0929. The molecule has 4 rings (SSSR count). The third-order valence-corrected chi connectivity index (χ3v) is 4.25. The third kappa shape index (κ3) is 2.82. The quantitative estimate of drug-likeness (QED) is 0.626. The summed E-state index contributed by atoms with van der Waals surface area (Å²) in [6, 6.07) is 16.0. The van der Waals surface area contributed by atoms with E-state index in [4.69, 9.17) is 0 Å². The van der Waals surface area contributed by atoms with Gasteiger partial charge in [-0.2, -0.15) is 4.98 Å². The first-order chi connectivity index (χ1) is 12.1. The minimum absolute atomic E-state index is 0.120. The number of hydrogen-bond donors (Lipinski definition) is 1. The molecule has 0 aliphatic rings. The summed E-state index contributed by atoms with van der Waals surface area (Å²) in [5, 5.41) is 9.51. The maximum absolute atomic E-state index is 12.5. The Hall–Kier alpha value is -3.28. The Morgan fingerprint density at radius 2 is 1.92 bits per heavy atom. The second-order valence-electron chi connectivity index (χ2n) is 6.04. The molecule has 6 nitrogen and oxygen atoms in total. The van der Waals surface area contributed by atoms with Crippen molar-refractivity contribution in [3.8, 4) is 0 Å². The van der Waals surface area contributed by atoms with Crippen LogP contribution in [0, 0.1) is 6.92 Å². The van der Waals surface area contributed by atoms with E-state index in [1.165, 1.54) is 5.39 Å². The van der Waals surface area contributed by atoms with Crippen molar-refractivity contribution in [3.05, 3.63) is 71.8 Å². The van der Waals surface area contributed by atoms with Gasteiger partial charge in [-0.3, -0.25) is 4.79 Å². The van der Waals surface area contributed by atoms with E-state index in [1.807, 2.05) is 38.1 Å². The minimum Gasteiger partial charge on any atom is -0.343 e. The molecule has 6 heteroatoms. The van der Waals surface area contributed by atoms with Crippen molar-refractivity contribution >= 4 is 22.5 Å². The van der Waals surface area contributed by atoms with Gasteiger partial charge in [0.1, 0.15) is 0 Å². The Kier molecular flexibility index (Phi) is 3.65. The van der Waals surface area contributed by atoms with Crippen LogP contribution in [0.25, 0.3) is 16.6 Å². The molecule has 1 amide bonds. The first-order valence-electron chi connectivity index (χ1n) is 8.10. The first kappa shape index (κ1) is 15.3. The fourth-order valence-corrected chi connectivity index (χ4v) is 2.82. The molecule has 0 saturated heterocycles. The molecule has 2 aromatic carbocycles. The van der Waals surface area contributed by atoms with Gasteiger partial charge >= 0.3 is 0 Å². The topological polar surface area (TPSA) is 72.2 Å². The van der Waals surface area contributed by atoms with Crippen molar-refractivity contribution in [2.75, 3.05) is 0 Å². The summed E-state index contributed by atoms with van der Waals surface area (Å²) in [7, 11) is 0. The standard InChI is InChI=1S/C19H17N5O/c1-12-9-10-20-19-22-17(23-24(12)19)18(25)21-13(2)15-8-7-14-5-3-4-6-16(14)11-15/h3-11,13H,1-2H3,(H,21,25). The number of nitrogens with one attached hydrogen (secondary N) is 1. The molecule has 0 radical (unpaired) electrons. The number of carbonyl (C=O) groups is 1. The highest BCUT2D eigenvalue weighted by Crippen LogP contribution is 2.20. The lowest BCUT2D eigenvalue weighted by Crippen LogP contribution is -2.27. The van der Waals surface area contributed by atoms with Gasteiger partial charge in [0, 0.05) is 11.9 Å². The number of carbonyl (C=O) groups excluding carboxylic acids is 1. The van der Waals surface area contributed by atoms with Gasteiger partial charge in [0.15, 0.2) is 0 Å². The van der Waals surface area contributed by atoms with Crippen LogP contribution >= 0.6 is 0 Å². The molecule has 0 aliphatic carbocycles. The number of aromatic nitrogens is 4. The SMILES string of the molecule is Cc1ccnc2nc(C(=O)NC(C)c3ccc4ccccc4c3)nn12. The number of rotatable bonds is 3. The van der Waals surface area contributed by atoms with Crippen LogP contribution in [0.15, 0.2) is 54.7 Å². The van der Waals surface area contributed by atoms with Crippen LogP contribution in [0.3, 0.4) is 0 Å². The van der Waals surface area contributed by atoms with E-state index in [1.54, 1.807) is 10.7 Å². The van der Waals surface area contributed by atoms with Crippen LogP contribution in [-0.2, 0) is 0 Å². The zero-order valence-electron chi connectivity index (χ0n) is 14.0. The summed E-state index contributed by atoms with van der Waals surface area (Å²) in [6.45, 7) is 3.84. The van der Waals surface area contributed by atoms with Crippen LogP contribution in [0.2, 0.25) is 0 Å². The lowest BCUT2D eigenvalue weighted by Gasteiger charge is -2.13. The van der Waals surface area contributed by atoms with E-state index in [0.717, 1.165) is 16.6 Å². The lowest BCUT2D eigenvalue weighted by atomic mass is 10.0. The molecule has 0 spiro atoms. The number of aryl methyl sites for hydroxylation is 1. The molecule has 1 N–H and O–H groups in total. The molecule has 4 aromatic rings. The fourth-order valence-electron chi connectivity index (χ4n) is 2.82. The molecule has 1 unspecified atom stereocenters. The molecule has 124 valence electrons. The summed E-state index contributed by atoms with van der Waals surface area (Å²) in [5.74, 6) is 0.225. The molecule has 2 heterocycles. The molecule has 2 aromatic heterocycles. The Bertz CT molecular complexity index is 1090. The summed E-state index contributed by atoms with van der Waals surface area (Å²) < 4.78 is 1.57. The number of hydrogen-bond acceptors (Lipinski definition) is 4. The van der Waals surface area contributed by atoms with Gasteiger partial charge in [0.25, 0.3) is 11.7 Å². The zero-order chi connectivity index (χ0) is 17.4. The number of fused-ring (bicyclic) bond motifs is 2. The highest BCUT2D eigenvalue weighted by atomic mass is 16.2. The van der Waals surface area contributed by atoms with E-state index in [2.05, 4.69) is 44.6 Å². The van der Waals surface area contributed by atoms with Gasteiger partial charge in [0.2, 0.25) is 5.82 Å². The zero-order valence-corrected chi connectivity index (χ0v) is 14.0. The second kappa shape index (κ2) is 5.98. The molecule has 0 saturated carbocycles. The Balaban J connectivity index is 1.58. The fraction of sp³-hybridized carbons (Fsp3) is 0.158. The van der Waals surface area contributed by atoms with E-state index in [0.29, 0.717) is 5.78 Å². The average Bonchev–Trinajstić information content (AvgIpc) is 3.07.